The fourth-order valence-electron chi connectivity index (χ4n) is 1.37. The Hall–Kier alpha value is -0.730. The molecule has 0 fully saturated rings. The minimum atomic E-state index is 0.521. The summed E-state index contributed by atoms with van der Waals surface area (Å²) in [5, 5.41) is 3.30. The molecule has 0 heterocycles. The molecule has 1 atom stereocenters. The monoisotopic (exact) mass is 221 g/mol. The number of nitrogens with one attached hydrogen (secondary N) is 1. The molecule has 0 aliphatic heterocycles. The highest BCUT2D eigenvalue weighted by molar-refractivity contribution is 7.99. The topological polar surface area (TPSA) is 12.0 Å². The second-order valence-corrected chi connectivity index (χ2v) is 4.73. The summed E-state index contributed by atoms with van der Waals surface area (Å²) in [6.07, 6.45) is 2.99. The number of hydrogen-bond acceptors (Lipinski definition) is 2. The van der Waals surface area contributed by atoms with Gasteiger partial charge >= 0.3 is 0 Å². The van der Waals surface area contributed by atoms with Gasteiger partial charge in [-0.1, -0.05) is 23.8 Å². The molecule has 0 aliphatic rings. The Morgan fingerprint density at radius 1 is 1.53 bits per heavy atom. The van der Waals surface area contributed by atoms with Crippen LogP contribution in [0.5, 0.6) is 0 Å². The number of hydrogen-bond donors (Lipinski definition) is 1. The van der Waals surface area contributed by atoms with Gasteiger partial charge in [-0.3, -0.25) is 0 Å². The standard InChI is InChI=1S/C13H19NS/c1-4-6-12(14-3)10-15-13-8-5-7-11(2)9-13/h4-5,7-9,12,14H,1,6,10H2,2-3H3. The lowest BCUT2D eigenvalue weighted by Crippen LogP contribution is -2.26. The second-order valence-electron chi connectivity index (χ2n) is 3.64. The van der Waals surface area contributed by atoms with Gasteiger partial charge in [0.2, 0.25) is 0 Å². The van der Waals surface area contributed by atoms with E-state index in [0.29, 0.717) is 6.04 Å². The average molecular weight is 221 g/mol. The summed E-state index contributed by atoms with van der Waals surface area (Å²) in [6.45, 7) is 5.90. The molecular weight excluding hydrogens is 202 g/mol. The Labute approximate surface area is 97.0 Å². The molecule has 0 aromatic heterocycles. The Morgan fingerprint density at radius 3 is 2.93 bits per heavy atom. The minimum Gasteiger partial charge on any atom is -0.316 e. The highest BCUT2D eigenvalue weighted by atomic mass is 32.2. The first-order chi connectivity index (χ1) is 7.26. The number of rotatable bonds is 6. The maximum absolute atomic E-state index is 3.77. The highest BCUT2D eigenvalue weighted by Crippen LogP contribution is 2.20. The van der Waals surface area contributed by atoms with Gasteiger partial charge in [0, 0.05) is 16.7 Å². The summed E-state index contributed by atoms with van der Waals surface area (Å²) in [7, 11) is 2.00. The van der Waals surface area contributed by atoms with Crippen molar-refractivity contribution in [2.45, 2.75) is 24.3 Å². The largest absolute Gasteiger partial charge is 0.316 e. The van der Waals surface area contributed by atoms with Crippen LogP contribution in [0.3, 0.4) is 0 Å². The molecule has 1 aromatic rings. The number of aryl methyl sites for hydroxylation is 1. The van der Waals surface area contributed by atoms with Crippen LogP contribution in [0.1, 0.15) is 12.0 Å². The van der Waals surface area contributed by atoms with E-state index in [0.717, 1.165) is 12.2 Å². The van der Waals surface area contributed by atoms with Crippen molar-refractivity contribution < 1.29 is 0 Å². The van der Waals surface area contributed by atoms with Crippen molar-refractivity contribution in [3.05, 3.63) is 42.5 Å². The van der Waals surface area contributed by atoms with Crippen molar-refractivity contribution in [1.29, 1.82) is 0 Å². The average Bonchev–Trinajstić information content (AvgIpc) is 2.24. The van der Waals surface area contributed by atoms with Gasteiger partial charge in [-0.25, -0.2) is 0 Å². The Balaban J connectivity index is 2.44. The third-order valence-electron chi connectivity index (χ3n) is 2.30. The van der Waals surface area contributed by atoms with Crippen molar-refractivity contribution in [2.75, 3.05) is 12.8 Å². The van der Waals surface area contributed by atoms with Crippen LogP contribution >= 0.6 is 11.8 Å². The molecule has 2 heteroatoms. The van der Waals surface area contributed by atoms with Crippen LogP contribution in [0.25, 0.3) is 0 Å². The van der Waals surface area contributed by atoms with E-state index >= 15 is 0 Å². The molecule has 0 saturated carbocycles. The molecule has 0 spiro atoms. The van der Waals surface area contributed by atoms with Crippen molar-refractivity contribution in [1.82, 2.24) is 5.32 Å². The van der Waals surface area contributed by atoms with E-state index in [1.54, 1.807) is 0 Å². The number of benzene rings is 1. The first kappa shape index (κ1) is 12.3. The fraction of sp³-hybridized carbons (Fsp3) is 0.385. The zero-order chi connectivity index (χ0) is 11.1. The highest BCUT2D eigenvalue weighted by Gasteiger charge is 2.04. The third kappa shape index (κ3) is 4.54. The van der Waals surface area contributed by atoms with Crippen molar-refractivity contribution in [3.8, 4) is 0 Å². The Morgan fingerprint density at radius 2 is 2.33 bits per heavy atom. The maximum Gasteiger partial charge on any atom is 0.0193 e. The molecule has 1 nitrogen and oxygen atoms in total. The minimum absolute atomic E-state index is 0.521. The van der Waals surface area contributed by atoms with Crippen molar-refractivity contribution in [2.24, 2.45) is 0 Å². The summed E-state index contributed by atoms with van der Waals surface area (Å²) in [4.78, 5) is 1.35. The van der Waals surface area contributed by atoms with E-state index in [1.165, 1.54) is 10.5 Å². The van der Waals surface area contributed by atoms with Crippen LogP contribution in [0.4, 0.5) is 0 Å². The summed E-state index contributed by atoms with van der Waals surface area (Å²) in [5.74, 6) is 1.09. The first-order valence-corrected chi connectivity index (χ1v) is 6.22. The molecule has 1 N–H and O–H groups in total. The molecule has 0 amide bonds. The van der Waals surface area contributed by atoms with Crippen LogP contribution < -0.4 is 5.32 Å². The quantitative estimate of drug-likeness (QED) is 0.584. The maximum atomic E-state index is 3.77. The molecular formula is C13H19NS. The first-order valence-electron chi connectivity index (χ1n) is 5.24. The molecule has 82 valence electrons. The molecule has 0 bridgehead atoms. The SMILES string of the molecule is C=CCC(CSc1cccc(C)c1)NC. The van der Waals surface area contributed by atoms with Gasteiger partial charge in [0.15, 0.2) is 0 Å². The Bertz CT molecular complexity index is 309. The van der Waals surface area contributed by atoms with Crippen LogP contribution in [0.2, 0.25) is 0 Å². The van der Waals surface area contributed by atoms with E-state index in [1.807, 2.05) is 24.9 Å². The normalized spacial score (nSPS) is 12.4. The molecule has 0 radical (unpaired) electrons. The van der Waals surface area contributed by atoms with Gasteiger partial charge < -0.3 is 5.32 Å². The van der Waals surface area contributed by atoms with Gasteiger partial charge in [-0.05, 0) is 32.5 Å². The van der Waals surface area contributed by atoms with Gasteiger partial charge in [0.25, 0.3) is 0 Å². The zero-order valence-electron chi connectivity index (χ0n) is 9.49. The Kier molecular flexibility index (Phi) is 5.51. The molecule has 0 aliphatic carbocycles. The third-order valence-corrected chi connectivity index (χ3v) is 3.46. The van der Waals surface area contributed by atoms with Gasteiger partial charge in [-0.15, -0.1) is 18.3 Å². The molecule has 1 aromatic carbocycles. The predicted octanol–water partition coefficient (Wildman–Crippen LogP) is 3.25. The zero-order valence-corrected chi connectivity index (χ0v) is 10.3. The van der Waals surface area contributed by atoms with Crippen LogP contribution in [0, 0.1) is 6.92 Å². The molecule has 1 unspecified atom stereocenters. The summed E-state index contributed by atoms with van der Waals surface area (Å²) < 4.78 is 0. The summed E-state index contributed by atoms with van der Waals surface area (Å²) in [5.41, 5.74) is 1.32. The lowest BCUT2D eigenvalue weighted by atomic mass is 10.2. The fourth-order valence-corrected chi connectivity index (χ4v) is 2.51. The van der Waals surface area contributed by atoms with Gasteiger partial charge in [0.1, 0.15) is 0 Å². The van der Waals surface area contributed by atoms with Crippen molar-refractivity contribution in [3.63, 3.8) is 0 Å². The smallest absolute Gasteiger partial charge is 0.0193 e. The molecule has 1 rings (SSSR count). The van der Waals surface area contributed by atoms with Crippen molar-refractivity contribution >= 4 is 11.8 Å². The van der Waals surface area contributed by atoms with E-state index in [-0.39, 0.29) is 0 Å². The van der Waals surface area contributed by atoms with Gasteiger partial charge in [0.05, 0.1) is 0 Å². The predicted molar refractivity (Wildman–Crippen MR) is 69.6 cm³/mol. The van der Waals surface area contributed by atoms with Gasteiger partial charge in [-0.2, -0.15) is 0 Å². The second kappa shape index (κ2) is 6.70. The van der Waals surface area contributed by atoms with Crippen LogP contribution in [0.15, 0.2) is 41.8 Å². The molecule has 15 heavy (non-hydrogen) atoms. The van der Waals surface area contributed by atoms with Crippen LogP contribution in [-0.4, -0.2) is 18.8 Å². The lowest BCUT2D eigenvalue weighted by Gasteiger charge is -2.13. The molecule has 0 saturated heterocycles. The summed E-state index contributed by atoms with van der Waals surface area (Å²) in [6, 6.07) is 9.15. The van der Waals surface area contributed by atoms with E-state index in [4.69, 9.17) is 0 Å². The van der Waals surface area contributed by atoms with E-state index in [2.05, 4.69) is 43.1 Å². The lowest BCUT2D eigenvalue weighted by molar-refractivity contribution is 0.629. The van der Waals surface area contributed by atoms with Crippen LogP contribution in [-0.2, 0) is 0 Å². The van der Waals surface area contributed by atoms with E-state index in [9.17, 15) is 0 Å². The van der Waals surface area contributed by atoms with E-state index < -0.39 is 0 Å². The number of thioether (sulfide) groups is 1. The summed E-state index contributed by atoms with van der Waals surface area (Å²) >= 11 is 1.90.